The van der Waals surface area contributed by atoms with Gasteiger partial charge in [-0.05, 0) is 19.8 Å². The number of hydrogen-bond acceptors (Lipinski definition) is 7. The molecule has 2 N–H and O–H groups in total. The molecule has 0 aromatic carbocycles. The van der Waals surface area contributed by atoms with E-state index in [1.54, 1.807) is 0 Å². The monoisotopic (exact) mass is 268 g/mol. The molecular formula is C12H20N4O3. The van der Waals surface area contributed by atoms with Gasteiger partial charge < -0.3 is 24.5 Å². The third-order valence-electron chi connectivity index (χ3n) is 3.53. The molecule has 1 aliphatic heterocycles. The molecule has 1 saturated carbocycles. The average molecular weight is 268 g/mol. The lowest BCUT2D eigenvalue weighted by Crippen LogP contribution is -2.49. The van der Waals surface area contributed by atoms with Gasteiger partial charge in [0, 0.05) is 6.04 Å². The van der Waals surface area contributed by atoms with Crippen molar-refractivity contribution in [3.8, 4) is 0 Å². The van der Waals surface area contributed by atoms with E-state index in [9.17, 15) is 5.11 Å². The van der Waals surface area contributed by atoms with E-state index in [0.717, 1.165) is 0 Å². The zero-order valence-electron chi connectivity index (χ0n) is 11.1. The second-order valence-electron chi connectivity index (χ2n) is 5.27. The Kier molecular flexibility index (Phi) is 3.67. The lowest BCUT2D eigenvalue weighted by atomic mass is 10.2. The molecule has 7 nitrogen and oxygen atoms in total. The third-order valence-corrected chi connectivity index (χ3v) is 3.53. The molecule has 19 heavy (non-hydrogen) atoms. The summed E-state index contributed by atoms with van der Waals surface area (Å²) in [4.78, 5) is 2.00. The fraction of sp³-hybridized carbons (Fsp3) is 0.833. The highest BCUT2D eigenvalue weighted by molar-refractivity contribution is 5.27. The Morgan fingerprint density at radius 3 is 3.00 bits per heavy atom. The van der Waals surface area contributed by atoms with Crippen LogP contribution in [-0.4, -0.2) is 53.3 Å². The molecule has 3 rings (SSSR count). The van der Waals surface area contributed by atoms with Crippen molar-refractivity contribution in [2.75, 3.05) is 24.7 Å². The Morgan fingerprint density at radius 1 is 1.42 bits per heavy atom. The van der Waals surface area contributed by atoms with Gasteiger partial charge in [0.2, 0.25) is 5.89 Å². The Balaban J connectivity index is 1.62. The number of anilines is 1. The predicted molar refractivity (Wildman–Crippen MR) is 67.8 cm³/mol. The lowest BCUT2D eigenvalue weighted by Gasteiger charge is -2.35. The van der Waals surface area contributed by atoms with Crippen LogP contribution in [-0.2, 0) is 11.3 Å². The van der Waals surface area contributed by atoms with Gasteiger partial charge in [-0.3, -0.25) is 0 Å². The molecule has 2 unspecified atom stereocenters. The first kappa shape index (κ1) is 12.8. The van der Waals surface area contributed by atoms with E-state index in [0.29, 0.717) is 37.6 Å². The molecule has 2 heterocycles. The maximum atomic E-state index is 9.17. The standard InChI is InChI=1S/C12H20N4O3/c1-8-7-18-10(6-17)5-16(8)12-15-14-11(19-12)4-13-9-2-3-9/h8-10,13,17H,2-7H2,1H3. The molecule has 0 bridgehead atoms. The molecule has 0 amide bonds. The third kappa shape index (κ3) is 3.05. The van der Waals surface area contributed by atoms with E-state index >= 15 is 0 Å². The van der Waals surface area contributed by atoms with Crippen LogP contribution in [0.4, 0.5) is 6.01 Å². The zero-order valence-corrected chi connectivity index (χ0v) is 11.1. The van der Waals surface area contributed by atoms with Crippen molar-refractivity contribution in [3.63, 3.8) is 0 Å². The Hall–Kier alpha value is -1.18. The van der Waals surface area contributed by atoms with Gasteiger partial charge in [-0.2, -0.15) is 0 Å². The first-order valence-corrected chi connectivity index (χ1v) is 6.81. The average Bonchev–Trinajstić information content (AvgIpc) is 3.15. The van der Waals surface area contributed by atoms with E-state index in [1.807, 2.05) is 11.8 Å². The minimum Gasteiger partial charge on any atom is -0.407 e. The summed E-state index contributed by atoms with van der Waals surface area (Å²) < 4.78 is 11.2. The van der Waals surface area contributed by atoms with E-state index in [-0.39, 0.29) is 18.8 Å². The van der Waals surface area contributed by atoms with Crippen molar-refractivity contribution in [1.29, 1.82) is 0 Å². The zero-order chi connectivity index (χ0) is 13.2. The number of aromatic nitrogens is 2. The quantitative estimate of drug-likeness (QED) is 0.772. The van der Waals surface area contributed by atoms with Crippen molar-refractivity contribution in [2.24, 2.45) is 0 Å². The lowest BCUT2D eigenvalue weighted by molar-refractivity contribution is -0.0118. The van der Waals surface area contributed by atoms with Gasteiger partial charge in [-0.25, -0.2) is 0 Å². The predicted octanol–water partition coefficient (Wildman–Crippen LogP) is -0.0924. The van der Waals surface area contributed by atoms with E-state index in [1.165, 1.54) is 12.8 Å². The second-order valence-corrected chi connectivity index (χ2v) is 5.27. The SMILES string of the molecule is CC1COC(CO)CN1c1nnc(CNC2CC2)o1. The summed E-state index contributed by atoms with van der Waals surface area (Å²) in [6.07, 6.45) is 2.29. The Bertz CT molecular complexity index is 421. The first-order valence-electron chi connectivity index (χ1n) is 6.81. The number of aliphatic hydroxyl groups excluding tert-OH is 1. The van der Waals surface area contributed by atoms with Crippen molar-refractivity contribution in [2.45, 2.75) is 44.5 Å². The highest BCUT2D eigenvalue weighted by Gasteiger charge is 2.29. The second kappa shape index (κ2) is 5.44. The largest absolute Gasteiger partial charge is 0.407 e. The Labute approximate surface area is 111 Å². The van der Waals surface area contributed by atoms with Crippen LogP contribution in [0.1, 0.15) is 25.7 Å². The maximum absolute atomic E-state index is 9.17. The number of nitrogens with one attached hydrogen (secondary N) is 1. The minimum absolute atomic E-state index is 0.00739. The molecule has 106 valence electrons. The number of morpholine rings is 1. The first-order chi connectivity index (χ1) is 9.26. The van der Waals surface area contributed by atoms with Gasteiger partial charge in [0.25, 0.3) is 0 Å². The summed E-state index contributed by atoms with van der Waals surface area (Å²) in [7, 11) is 0. The molecule has 1 saturated heterocycles. The summed E-state index contributed by atoms with van der Waals surface area (Å²) in [5, 5.41) is 20.7. The van der Waals surface area contributed by atoms with E-state index in [4.69, 9.17) is 9.15 Å². The van der Waals surface area contributed by atoms with Crippen molar-refractivity contribution >= 4 is 6.01 Å². The van der Waals surface area contributed by atoms with Crippen LogP contribution in [0.5, 0.6) is 0 Å². The number of aliphatic hydroxyl groups is 1. The normalized spacial score (nSPS) is 27.8. The summed E-state index contributed by atoms with van der Waals surface area (Å²) in [5.41, 5.74) is 0. The number of hydrogen-bond donors (Lipinski definition) is 2. The molecule has 7 heteroatoms. The molecule has 0 radical (unpaired) electrons. The van der Waals surface area contributed by atoms with Crippen LogP contribution in [0, 0.1) is 0 Å². The molecule has 2 atom stereocenters. The van der Waals surface area contributed by atoms with Gasteiger partial charge >= 0.3 is 6.01 Å². The van der Waals surface area contributed by atoms with Crippen LogP contribution < -0.4 is 10.2 Å². The summed E-state index contributed by atoms with van der Waals surface area (Å²) in [5.74, 6) is 0.612. The smallest absolute Gasteiger partial charge is 0.318 e. The van der Waals surface area contributed by atoms with E-state index < -0.39 is 0 Å². The minimum atomic E-state index is -0.184. The van der Waals surface area contributed by atoms with Crippen LogP contribution in [0.2, 0.25) is 0 Å². The highest BCUT2D eigenvalue weighted by atomic mass is 16.5. The van der Waals surface area contributed by atoms with Gasteiger partial charge in [-0.1, -0.05) is 5.10 Å². The van der Waals surface area contributed by atoms with Gasteiger partial charge in [0.15, 0.2) is 0 Å². The molecule has 1 aliphatic carbocycles. The van der Waals surface area contributed by atoms with Crippen molar-refractivity contribution in [1.82, 2.24) is 15.5 Å². The molecule has 2 aliphatic rings. The van der Waals surface area contributed by atoms with Crippen molar-refractivity contribution in [3.05, 3.63) is 5.89 Å². The van der Waals surface area contributed by atoms with Gasteiger partial charge in [0.1, 0.15) is 0 Å². The molecular weight excluding hydrogens is 248 g/mol. The van der Waals surface area contributed by atoms with Crippen molar-refractivity contribution < 1.29 is 14.3 Å². The fourth-order valence-electron chi connectivity index (χ4n) is 2.15. The summed E-state index contributed by atoms with van der Waals surface area (Å²) in [6.45, 7) is 3.81. The van der Waals surface area contributed by atoms with Gasteiger partial charge in [0.05, 0.1) is 38.4 Å². The number of nitrogens with zero attached hydrogens (tertiary/aromatic N) is 3. The summed E-state index contributed by atoms with van der Waals surface area (Å²) in [6, 6.07) is 1.31. The molecule has 1 aromatic heterocycles. The molecule has 1 aromatic rings. The fourth-order valence-corrected chi connectivity index (χ4v) is 2.15. The van der Waals surface area contributed by atoms with Crippen LogP contribution >= 0.6 is 0 Å². The van der Waals surface area contributed by atoms with Crippen LogP contribution in [0.25, 0.3) is 0 Å². The van der Waals surface area contributed by atoms with Crippen LogP contribution in [0.3, 0.4) is 0 Å². The van der Waals surface area contributed by atoms with Crippen LogP contribution in [0.15, 0.2) is 4.42 Å². The highest BCUT2D eigenvalue weighted by Crippen LogP contribution is 2.22. The number of rotatable bonds is 5. The van der Waals surface area contributed by atoms with Gasteiger partial charge in [-0.15, -0.1) is 5.10 Å². The summed E-state index contributed by atoms with van der Waals surface area (Å²) >= 11 is 0. The maximum Gasteiger partial charge on any atom is 0.318 e. The van der Waals surface area contributed by atoms with E-state index in [2.05, 4.69) is 15.5 Å². The Morgan fingerprint density at radius 2 is 2.26 bits per heavy atom. The number of ether oxygens (including phenoxy) is 1. The molecule has 0 spiro atoms. The molecule has 2 fully saturated rings. The topological polar surface area (TPSA) is 83.7 Å².